The molecule has 27 heavy (non-hydrogen) atoms. The molecule has 1 aromatic heterocycles. The first kappa shape index (κ1) is 18.2. The average molecular weight is 396 g/mol. The fourth-order valence-corrected chi connectivity index (χ4v) is 5.95. The molecule has 3 N–H and O–H groups in total. The highest BCUT2D eigenvalue weighted by atomic mass is 32.1. The lowest BCUT2D eigenvalue weighted by Crippen LogP contribution is -2.65. The van der Waals surface area contributed by atoms with Gasteiger partial charge in [-0.05, 0) is 37.0 Å². The molecule has 2 aliphatic carbocycles. The molecule has 0 spiro atoms. The van der Waals surface area contributed by atoms with E-state index in [1.807, 2.05) is 0 Å². The average Bonchev–Trinajstić information content (AvgIpc) is 3.30. The summed E-state index contributed by atoms with van der Waals surface area (Å²) in [6.07, 6.45) is 9.21. The van der Waals surface area contributed by atoms with Crippen LogP contribution in [0.25, 0.3) is 0 Å². The van der Waals surface area contributed by atoms with Gasteiger partial charge in [-0.2, -0.15) is 8.75 Å². The van der Waals surface area contributed by atoms with Gasteiger partial charge in [-0.3, -0.25) is 0 Å². The zero-order valence-electron chi connectivity index (χ0n) is 15.5. The minimum Gasteiger partial charge on any atom is -0.388 e. The number of hydrogen-bond acceptors (Lipinski definition) is 8. The normalized spacial score (nSPS) is 44.8. The van der Waals surface area contributed by atoms with Crippen LogP contribution in [-0.2, 0) is 9.47 Å². The molecule has 7 nitrogen and oxygen atoms in total. The van der Waals surface area contributed by atoms with Crippen molar-refractivity contribution in [2.75, 3.05) is 11.9 Å². The molecule has 0 amide bonds. The van der Waals surface area contributed by atoms with Gasteiger partial charge in [-0.15, -0.1) is 0 Å². The van der Waals surface area contributed by atoms with Gasteiger partial charge in [0.2, 0.25) is 0 Å². The first-order valence-electron chi connectivity index (χ1n) is 10.4. The minimum absolute atomic E-state index is 0.242. The fraction of sp³-hybridized carbons (Fsp3) is 0.895. The smallest absolute Gasteiger partial charge is 0.181 e. The number of aliphatic hydroxyl groups is 2. The summed E-state index contributed by atoms with van der Waals surface area (Å²) in [7, 11) is 0. The van der Waals surface area contributed by atoms with E-state index in [4.69, 9.17) is 9.47 Å². The van der Waals surface area contributed by atoms with E-state index in [-0.39, 0.29) is 5.92 Å². The van der Waals surface area contributed by atoms with E-state index in [9.17, 15) is 10.2 Å². The highest BCUT2D eigenvalue weighted by molar-refractivity contribution is 6.99. The standard InChI is InChI=1S/C19H29N3O4S/c23-16-15(21-14-9-20-27-22-14)18-25-10-19(26-18,17(16)24)13-6-4-12(5-7-13)8-11-2-1-3-11/h9,11-13,15-18,23-24H,1-8,10H2,(H,21,22)/t12?,13?,15-,16?,17?,18+,19-/m1/s1. The predicted molar refractivity (Wildman–Crippen MR) is 100 cm³/mol. The summed E-state index contributed by atoms with van der Waals surface area (Å²) in [5.41, 5.74) is -0.774. The first-order valence-corrected chi connectivity index (χ1v) is 11.1. The van der Waals surface area contributed by atoms with E-state index in [2.05, 4.69) is 14.1 Å². The molecular weight excluding hydrogens is 366 g/mol. The third kappa shape index (κ3) is 3.19. The van der Waals surface area contributed by atoms with Gasteiger partial charge in [0.1, 0.15) is 23.9 Å². The number of ether oxygens (including phenoxy) is 2. The third-order valence-electron chi connectivity index (χ3n) is 7.40. The van der Waals surface area contributed by atoms with E-state index in [1.165, 1.54) is 38.5 Å². The Bertz CT molecular complexity index is 635. The predicted octanol–water partition coefficient (Wildman–Crippen LogP) is 2.16. The summed E-state index contributed by atoms with van der Waals surface area (Å²) >= 11 is 1.09. The quantitative estimate of drug-likeness (QED) is 0.703. The summed E-state index contributed by atoms with van der Waals surface area (Å²) in [4.78, 5) is 0. The second-order valence-corrected chi connectivity index (χ2v) is 9.46. The van der Waals surface area contributed by atoms with Crippen LogP contribution in [-0.4, -0.2) is 55.7 Å². The highest BCUT2D eigenvalue weighted by Crippen LogP contribution is 2.49. The molecule has 2 bridgehead atoms. The van der Waals surface area contributed by atoms with Gasteiger partial charge in [0, 0.05) is 0 Å². The van der Waals surface area contributed by atoms with Gasteiger partial charge in [-0.1, -0.05) is 32.1 Å². The van der Waals surface area contributed by atoms with Crippen LogP contribution in [0.3, 0.4) is 0 Å². The number of fused-ring (bicyclic) bond motifs is 2. The lowest BCUT2D eigenvalue weighted by Gasteiger charge is -2.48. The molecule has 5 rings (SSSR count). The second kappa shape index (κ2) is 7.22. The van der Waals surface area contributed by atoms with Gasteiger partial charge in [-0.25, -0.2) is 0 Å². The van der Waals surface area contributed by atoms with Crippen LogP contribution in [0.1, 0.15) is 51.4 Å². The van der Waals surface area contributed by atoms with Crippen LogP contribution in [0.5, 0.6) is 0 Å². The Morgan fingerprint density at radius 1 is 1.15 bits per heavy atom. The summed E-state index contributed by atoms with van der Waals surface area (Å²) in [5.74, 6) is 2.58. The number of aliphatic hydroxyl groups excluding tert-OH is 2. The Labute approximate surface area is 163 Å². The van der Waals surface area contributed by atoms with E-state index >= 15 is 0 Å². The molecule has 0 aromatic carbocycles. The van der Waals surface area contributed by atoms with Crippen molar-refractivity contribution in [3.05, 3.63) is 6.20 Å². The van der Waals surface area contributed by atoms with Gasteiger partial charge in [0.05, 0.1) is 24.5 Å². The maximum absolute atomic E-state index is 11.0. The number of anilines is 1. The Hall–Kier alpha value is -0.800. The van der Waals surface area contributed by atoms with Crippen molar-refractivity contribution in [2.45, 2.75) is 81.5 Å². The third-order valence-corrected chi connectivity index (χ3v) is 7.88. The van der Waals surface area contributed by atoms with Crippen LogP contribution in [0, 0.1) is 17.8 Å². The number of nitrogens with one attached hydrogen (secondary N) is 1. The maximum Gasteiger partial charge on any atom is 0.181 e. The van der Waals surface area contributed by atoms with Gasteiger partial charge in [0.25, 0.3) is 0 Å². The SMILES string of the molecule is OC1C(O)[C@]2(C3CCC(CC4CCC4)CC3)CO[C@@H](O2)[C@@H]1Nc1cnsn1. The zero-order valence-corrected chi connectivity index (χ0v) is 16.3. The summed E-state index contributed by atoms with van der Waals surface area (Å²) < 4.78 is 20.3. The molecule has 8 heteroatoms. The van der Waals surface area contributed by atoms with Gasteiger partial charge < -0.3 is 25.0 Å². The summed E-state index contributed by atoms with van der Waals surface area (Å²) in [5, 5.41) is 24.9. The maximum atomic E-state index is 11.0. The Morgan fingerprint density at radius 2 is 1.93 bits per heavy atom. The van der Waals surface area contributed by atoms with Gasteiger partial charge in [0.15, 0.2) is 12.1 Å². The van der Waals surface area contributed by atoms with E-state index < -0.39 is 30.1 Å². The number of aromatic nitrogens is 2. The van der Waals surface area contributed by atoms with E-state index in [0.29, 0.717) is 12.4 Å². The monoisotopic (exact) mass is 395 g/mol. The number of nitrogens with zero attached hydrogens (tertiary/aromatic N) is 2. The molecule has 0 radical (unpaired) electrons. The van der Waals surface area contributed by atoms with Gasteiger partial charge >= 0.3 is 0 Å². The van der Waals surface area contributed by atoms with E-state index in [1.54, 1.807) is 6.20 Å². The summed E-state index contributed by atoms with van der Waals surface area (Å²) in [6.45, 7) is 0.349. The lowest BCUT2D eigenvalue weighted by molar-refractivity contribution is -0.235. The number of rotatable bonds is 5. The molecule has 2 saturated carbocycles. The lowest BCUT2D eigenvalue weighted by atomic mass is 9.67. The molecule has 2 saturated heterocycles. The molecule has 4 aliphatic rings. The van der Waals surface area contributed by atoms with Crippen molar-refractivity contribution in [2.24, 2.45) is 17.8 Å². The van der Waals surface area contributed by atoms with Crippen LogP contribution < -0.4 is 5.32 Å². The topological polar surface area (TPSA) is 96.7 Å². The molecule has 3 heterocycles. The summed E-state index contributed by atoms with van der Waals surface area (Å²) in [6, 6.07) is -0.547. The Kier molecular flexibility index (Phi) is 4.88. The molecule has 4 fully saturated rings. The van der Waals surface area contributed by atoms with Crippen LogP contribution in [0.4, 0.5) is 5.82 Å². The minimum atomic E-state index is -0.964. The van der Waals surface area contributed by atoms with Crippen molar-refractivity contribution in [1.29, 1.82) is 0 Å². The van der Waals surface area contributed by atoms with Crippen molar-refractivity contribution < 1.29 is 19.7 Å². The molecular formula is C19H29N3O4S. The van der Waals surface area contributed by atoms with Crippen LogP contribution >= 0.6 is 11.7 Å². The number of hydrogen-bond donors (Lipinski definition) is 3. The Morgan fingerprint density at radius 3 is 2.59 bits per heavy atom. The molecule has 2 unspecified atom stereocenters. The molecule has 1 aromatic rings. The highest BCUT2D eigenvalue weighted by Gasteiger charge is 2.62. The van der Waals surface area contributed by atoms with Crippen molar-refractivity contribution in [3.63, 3.8) is 0 Å². The van der Waals surface area contributed by atoms with Crippen LogP contribution in [0.15, 0.2) is 6.20 Å². The van der Waals surface area contributed by atoms with Crippen molar-refractivity contribution in [1.82, 2.24) is 8.75 Å². The Balaban J connectivity index is 1.24. The molecule has 150 valence electrons. The zero-order chi connectivity index (χ0) is 18.4. The molecule has 2 aliphatic heterocycles. The second-order valence-electron chi connectivity index (χ2n) is 8.90. The van der Waals surface area contributed by atoms with E-state index in [0.717, 1.165) is 36.4 Å². The largest absolute Gasteiger partial charge is 0.388 e. The molecule has 5 atom stereocenters. The first-order chi connectivity index (χ1) is 13.2. The van der Waals surface area contributed by atoms with Crippen molar-refractivity contribution in [3.8, 4) is 0 Å². The van der Waals surface area contributed by atoms with Crippen LogP contribution in [0.2, 0.25) is 0 Å². The fourth-order valence-electron chi connectivity index (χ4n) is 5.57. The van der Waals surface area contributed by atoms with Crippen molar-refractivity contribution >= 4 is 17.5 Å².